The largest absolute Gasteiger partial charge is 0.388 e. The number of nitrogens with one attached hydrogen (secondary N) is 2. The number of ketones is 2. The van der Waals surface area contributed by atoms with Crippen molar-refractivity contribution in [1.29, 1.82) is 0 Å². The predicted octanol–water partition coefficient (Wildman–Crippen LogP) is 3.86. The zero-order chi connectivity index (χ0) is 18.9. The van der Waals surface area contributed by atoms with E-state index in [2.05, 4.69) is 38.3 Å². The fourth-order valence-corrected chi connectivity index (χ4v) is 3.47. The molecule has 4 nitrogen and oxygen atoms in total. The first kappa shape index (κ1) is 18.4. The van der Waals surface area contributed by atoms with Crippen molar-refractivity contribution in [2.24, 2.45) is 10.8 Å². The van der Waals surface area contributed by atoms with E-state index in [1.165, 1.54) is 0 Å². The molecule has 1 aromatic rings. The number of carbonyl (C=O) groups is 2. The SMILES string of the molecule is CC1(C)CN/C(=C\C(=O)c2ccc(C(=O)/C=C3/CC(C)(C)CN3)cc2)C1. The highest BCUT2D eigenvalue weighted by Crippen LogP contribution is 2.30. The van der Waals surface area contributed by atoms with Crippen LogP contribution in [-0.2, 0) is 0 Å². The Morgan fingerprint density at radius 1 is 0.769 bits per heavy atom. The lowest BCUT2D eigenvalue weighted by Gasteiger charge is -2.12. The van der Waals surface area contributed by atoms with Crippen LogP contribution >= 0.6 is 0 Å². The van der Waals surface area contributed by atoms with Gasteiger partial charge in [0.05, 0.1) is 0 Å². The van der Waals surface area contributed by atoms with E-state index in [0.717, 1.165) is 37.3 Å². The normalized spacial score (nSPS) is 23.7. The Balaban J connectivity index is 1.67. The average molecular weight is 352 g/mol. The summed E-state index contributed by atoms with van der Waals surface area (Å²) in [4.78, 5) is 24.8. The van der Waals surface area contributed by atoms with Gasteiger partial charge in [-0.3, -0.25) is 9.59 Å². The first-order valence-electron chi connectivity index (χ1n) is 9.21. The Morgan fingerprint density at radius 2 is 1.12 bits per heavy atom. The average Bonchev–Trinajstić information content (AvgIpc) is 3.08. The molecule has 0 saturated carbocycles. The molecule has 3 rings (SSSR count). The van der Waals surface area contributed by atoms with Crippen LogP contribution in [0.5, 0.6) is 0 Å². The number of benzene rings is 1. The lowest BCUT2D eigenvalue weighted by molar-refractivity contribution is 0.103. The van der Waals surface area contributed by atoms with Gasteiger partial charge in [0.25, 0.3) is 0 Å². The van der Waals surface area contributed by atoms with Crippen LogP contribution in [0.1, 0.15) is 61.3 Å². The summed E-state index contributed by atoms with van der Waals surface area (Å²) in [5.74, 6) is -0.0523. The molecule has 0 atom stereocenters. The van der Waals surface area contributed by atoms with Crippen molar-refractivity contribution < 1.29 is 9.59 Å². The Hall–Kier alpha value is -2.36. The highest BCUT2D eigenvalue weighted by atomic mass is 16.1. The Labute approximate surface area is 155 Å². The van der Waals surface area contributed by atoms with Crippen LogP contribution in [0, 0.1) is 10.8 Å². The van der Waals surface area contributed by atoms with E-state index in [4.69, 9.17) is 0 Å². The fraction of sp³-hybridized carbons (Fsp3) is 0.455. The molecule has 2 aliphatic heterocycles. The maximum Gasteiger partial charge on any atom is 0.187 e. The second-order valence-electron chi connectivity index (χ2n) is 9.03. The molecule has 2 fully saturated rings. The molecule has 138 valence electrons. The second kappa shape index (κ2) is 6.75. The molecule has 0 bridgehead atoms. The number of hydrogen-bond acceptors (Lipinski definition) is 4. The maximum absolute atomic E-state index is 12.4. The van der Waals surface area contributed by atoms with E-state index < -0.39 is 0 Å². The summed E-state index contributed by atoms with van der Waals surface area (Å²) >= 11 is 0. The van der Waals surface area contributed by atoms with Crippen molar-refractivity contribution in [3.8, 4) is 0 Å². The molecule has 0 radical (unpaired) electrons. The van der Waals surface area contributed by atoms with Gasteiger partial charge < -0.3 is 10.6 Å². The van der Waals surface area contributed by atoms with Gasteiger partial charge in [-0.15, -0.1) is 0 Å². The van der Waals surface area contributed by atoms with Crippen LogP contribution in [-0.4, -0.2) is 24.7 Å². The Bertz CT molecular complexity index is 716. The van der Waals surface area contributed by atoms with Crippen molar-refractivity contribution in [2.45, 2.75) is 40.5 Å². The zero-order valence-corrected chi connectivity index (χ0v) is 16.1. The van der Waals surface area contributed by atoms with Crippen molar-refractivity contribution in [3.05, 3.63) is 58.9 Å². The molecule has 26 heavy (non-hydrogen) atoms. The lowest BCUT2D eigenvalue weighted by atomic mass is 9.91. The van der Waals surface area contributed by atoms with Gasteiger partial charge in [-0.2, -0.15) is 0 Å². The van der Waals surface area contributed by atoms with Crippen molar-refractivity contribution >= 4 is 11.6 Å². The molecule has 0 spiro atoms. The molecule has 2 saturated heterocycles. The number of allylic oxidation sites excluding steroid dienone is 4. The third-order valence-corrected chi connectivity index (χ3v) is 4.99. The van der Waals surface area contributed by atoms with Crippen LogP contribution in [0.15, 0.2) is 47.8 Å². The Morgan fingerprint density at radius 3 is 1.38 bits per heavy atom. The van der Waals surface area contributed by atoms with Crippen LogP contribution < -0.4 is 10.6 Å². The van der Waals surface area contributed by atoms with Crippen LogP contribution in [0.2, 0.25) is 0 Å². The van der Waals surface area contributed by atoms with Crippen LogP contribution in [0.25, 0.3) is 0 Å². The minimum atomic E-state index is -0.0261. The summed E-state index contributed by atoms with van der Waals surface area (Å²) in [6.45, 7) is 10.5. The molecule has 1 aromatic carbocycles. The monoisotopic (exact) mass is 352 g/mol. The highest BCUT2D eigenvalue weighted by molar-refractivity contribution is 6.07. The summed E-state index contributed by atoms with van der Waals surface area (Å²) in [5, 5.41) is 6.59. The van der Waals surface area contributed by atoms with Crippen molar-refractivity contribution in [1.82, 2.24) is 10.6 Å². The highest BCUT2D eigenvalue weighted by Gasteiger charge is 2.27. The van der Waals surface area contributed by atoms with Crippen molar-refractivity contribution in [2.75, 3.05) is 13.1 Å². The molecular weight excluding hydrogens is 324 g/mol. The van der Waals surface area contributed by atoms with E-state index in [0.29, 0.717) is 11.1 Å². The molecule has 0 aromatic heterocycles. The first-order valence-corrected chi connectivity index (χ1v) is 9.21. The van der Waals surface area contributed by atoms with Crippen molar-refractivity contribution in [3.63, 3.8) is 0 Å². The van der Waals surface area contributed by atoms with Gasteiger partial charge >= 0.3 is 0 Å². The molecule has 4 heteroatoms. The Kier molecular flexibility index (Phi) is 4.78. The summed E-state index contributed by atoms with van der Waals surface area (Å²) in [5.41, 5.74) is 3.57. The molecule has 2 N–H and O–H groups in total. The summed E-state index contributed by atoms with van der Waals surface area (Å²) in [7, 11) is 0. The summed E-state index contributed by atoms with van der Waals surface area (Å²) < 4.78 is 0. The molecule has 2 heterocycles. The topological polar surface area (TPSA) is 58.2 Å². The van der Waals surface area contributed by atoms with Gasteiger partial charge in [-0.1, -0.05) is 52.0 Å². The first-order chi connectivity index (χ1) is 12.1. The molecule has 0 amide bonds. The lowest BCUT2D eigenvalue weighted by Crippen LogP contribution is -2.15. The number of carbonyl (C=O) groups excluding carboxylic acids is 2. The summed E-state index contributed by atoms with van der Waals surface area (Å²) in [6, 6.07) is 6.93. The van der Waals surface area contributed by atoms with Gasteiger partial charge in [0.15, 0.2) is 11.6 Å². The zero-order valence-electron chi connectivity index (χ0n) is 16.1. The van der Waals surface area contributed by atoms with Gasteiger partial charge in [-0.25, -0.2) is 0 Å². The van der Waals surface area contributed by atoms with E-state index in [1.807, 2.05) is 0 Å². The van der Waals surface area contributed by atoms with Gasteiger partial charge in [0.1, 0.15) is 0 Å². The van der Waals surface area contributed by atoms with E-state index in [1.54, 1.807) is 36.4 Å². The maximum atomic E-state index is 12.4. The summed E-state index contributed by atoms with van der Waals surface area (Å²) in [6.07, 6.45) is 5.12. The predicted molar refractivity (Wildman–Crippen MR) is 104 cm³/mol. The number of hydrogen-bond donors (Lipinski definition) is 2. The van der Waals surface area contributed by atoms with Gasteiger partial charge in [0, 0.05) is 47.8 Å². The van der Waals surface area contributed by atoms with Crippen LogP contribution in [0.4, 0.5) is 0 Å². The standard InChI is InChI=1S/C22H28N2O2/c1-21(2)11-17(23-13-21)9-19(25)15-5-7-16(8-6-15)20(26)10-18-12-22(3,4)14-24-18/h5-10,23-24H,11-14H2,1-4H3/b17-9-,18-10-. The third-order valence-electron chi connectivity index (χ3n) is 4.99. The fourth-order valence-electron chi connectivity index (χ4n) is 3.47. The minimum Gasteiger partial charge on any atom is -0.388 e. The van der Waals surface area contributed by atoms with E-state index in [9.17, 15) is 9.59 Å². The van der Waals surface area contributed by atoms with E-state index in [-0.39, 0.29) is 22.4 Å². The smallest absolute Gasteiger partial charge is 0.187 e. The van der Waals surface area contributed by atoms with Crippen LogP contribution in [0.3, 0.4) is 0 Å². The van der Waals surface area contributed by atoms with E-state index >= 15 is 0 Å². The minimum absolute atomic E-state index is 0.0261. The number of rotatable bonds is 4. The molecule has 0 unspecified atom stereocenters. The second-order valence-corrected chi connectivity index (χ2v) is 9.03. The third kappa shape index (κ3) is 4.43. The van der Waals surface area contributed by atoms with Gasteiger partial charge in [-0.05, 0) is 23.7 Å². The molecular formula is C22H28N2O2. The quantitative estimate of drug-likeness (QED) is 0.638. The molecule has 2 aliphatic rings. The molecule has 0 aliphatic carbocycles. The van der Waals surface area contributed by atoms with Gasteiger partial charge in [0.2, 0.25) is 0 Å².